The molecule has 6 heteroatoms. The van der Waals surface area contributed by atoms with Crippen LogP contribution >= 0.6 is 0 Å². The summed E-state index contributed by atoms with van der Waals surface area (Å²) in [5.41, 5.74) is 7.86. The fourth-order valence-electron chi connectivity index (χ4n) is 3.45. The molecule has 0 atom stereocenters. The van der Waals surface area contributed by atoms with E-state index in [-0.39, 0.29) is 48.9 Å². The zero-order valence-electron chi connectivity index (χ0n) is 16.8. The summed E-state index contributed by atoms with van der Waals surface area (Å²) in [5.74, 6) is 0. The molecule has 0 amide bonds. The number of rotatable bonds is 0. The Morgan fingerprint density at radius 1 is 0.567 bits per heavy atom. The van der Waals surface area contributed by atoms with Crippen molar-refractivity contribution in [3.63, 3.8) is 0 Å². The molecule has 146 valence electrons. The Morgan fingerprint density at radius 2 is 0.967 bits per heavy atom. The Hall–Kier alpha value is -1.87. The predicted octanol–water partition coefficient (Wildman–Crippen LogP) is 5.07. The number of ether oxygens (including phenoxy) is 1. The van der Waals surface area contributed by atoms with E-state index in [1.54, 1.807) is 0 Å². The monoisotopic (exact) mass is 520 g/mol. The molecule has 3 aromatic rings. The second-order valence-corrected chi connectivity index (χ2v) is 7.22. The molecule has 2 N–H and O–H groups in total. The van der Waals surface area contributed by atoms with Crippen molar-refractivity contribution in [2.24, 2.45) is 0 Å². The third-order valence-corrected chi connectivity index (χ3v) is 4.87. The zero-order chi connectivity index (χ0) is 19.5. The van der Waals surface area contributed by atoms with Gasteiger partial charge in [-0.3, -0.25) is 0 Å². The molecular weight excluding hydrogens is 498 g/mol. The van der Waals surface area contributed by atoms with Crippen molar-refractivity contribution in [1.82, 2.24) is 19.9 Å². The Labute approximate surface area is 215 Å². The first kappa shape index (κ1) is 21.4. The summed E-state index contributed by atoms with van der Waals surface area (Å²) in [7, 11) is 0. The maximum absolute atomic E-state index is 4.94. The zero-order valence-corrected chi connectivity index (χ0v) is 21.2. The van der Waals surface area contributed by atoms with Gasteiger partial charge in [-0.05, 0) is 85.7 Å². The minimum atomic E-state index is 0. The van der Waals surface area contributed by atoms with Gasteiger partial charge in [0.15, 0.2) is 0 Å². The quantitative estimate of drug-likeness (QED) is 0.281. The van der Waals surface area contributed by atoms with E-state index in [0.717, 1.165) is 58.1 Å². The summed E-state index contributed by atoms with van der Waals surface area (Å²) >= 11 is 0. The molecule has 5 nitrogen and oxygen atoms in total. The minimum Gasteiger partial charge on any atom is -0.381 e. The number of nitrogens with zero attached hydrogens (tertiary/aromatic N) is 2. The van der Waals surface area contributed by atoms with E-state index in [9.17, 15) is 0 Å². The van der Waals surface area contributed by atoms with Gasteiger partial charge in [0.25, 0.3) is 0 Å². The summed E-state index contributed by atoms with van der Waals surface area (Å²) < 4.78 is 4.94. The van der Waals surface area contributed by atoms with E-state index >= 15 is 0 Å². The number of fused-ring (bicyclic) bond motifs is 8. The predicted molar refractivity (Wildman–Crippen MR) is 125 cm³/mol. The van der Waals surface area contributed by atoms with Crippen LogP contribution in [-0.2, 0) is 4.74 Å². The molecule has 0 aliphatic carbocycles. The van der Waals surface area contributed by atoms with Crippen LogP contribution in [0.3, 0.4) is 0 Å². The third kappa shape index (κ3) is 5.43. The van der Waals surface area contributed by atoms with Crippen LogP contribution in [0.1, 0.15) is 35.6 Å². The van der Waals surface area contributed by atoms with Crippen molar-refractivity contribution >= 4 is 95.3 Å². The van der Waals surface area contributed by atoms with Gasteiger partial charge in [-0.25, -0.2) is 9.97 Å². The van der Waals surface area contributed by atoms with Gasteiger partial charge >= 0.3 is 0 Å². The second-order valence-electron chi connectivity index (χ2n) is 7.22. The average molecular weight is 520 g/mol. The van der Waals surface area contributed by atoms with Crippen molar-refractivity contribution in [3.05, 3.63) is 71.3 Å². The van der Waals surface area contributed by atoms with Crippen molar-refractivity contribution < 1.29 is 4.74 Å². The normalized spacial score (nSPS) is 14.1. The third-order valence-electron chi connectivity index (χ3n) is 4.87. The number of aromatic nitrogens is 4. The summed E-state index contributed by atoms with van der Waals surface area (Å²) in [6, 6.07) is 16.4. The molecule has 2 radical (unpaired) electrons. The van der Waals surface area contributed by atoms with Gasteiger partial charge in [0.2, 0.25) is 0 Å². The molecule has 6 rings (SSSR count). The van der Waals surface area contributed by atoms with Gasteiger partial charge in [0.05, 0.1) is 22.8 Å². The Bertz CT molecular complexity index is 1150. The molecule has 0 saturated carbocycles. The first-order valence-electron chi connectivity index (χ1n) is 9.92. The van der Waals surface area contributed by atoms with Crippen molar-refractivity contribution in [1.29, 1.82) is 0 Å². The summed E-state index contributed by atoms with van der Waals surface area (Å²) in [6.07, 6.45) is 10.6. The summed E-state index contributed by atoms with van der Waals surface area (Å²) in [6.45, 7) is 2.00. The van der Waals surface area contributed by atoms with E-state index in [1.165, 1.54) is 12.8 Å². The Balaban J connectivity index is 0.000000321. The molecular formula is C24H22BaN4O. The summed E-state index contributed by atoms with van der Waals surface area (Å²) in [4.78, 5) is 16.0. The fraction of sp³-hybridized carbons (Fsp3) is 0.167. The number of nitrogens with one attached hydrogen (secondary N) is 2. The number of hydrogen-bond donors (Lipinski definition) is 2. The molecule has 1 saturated heterocycles. The summed E-state index contributed by atoms with van der Waals surface area (Å²) in [5, 5.41) is 0. The largest absolute Gasteiger partial charge is 0.381 e. The molecule has 3 aliphatic rings. The molecule has 0 unspecified atom stereocenters. The molecule has 3 aliphatic heterocycles. The van der Waals surface area contributed by atoms with Crippen LogP contribution in [0.2, 0.25) is 0 Å². The topological polar surface area (TPSA) is 66.6 Å². The van der Waals surface area contributed by atoms with Gasteiger partial charge in [-0.15, -0.1) is 0 Å². The molecule has 1 fully saturated rings. The molecule has 30 heavy (non-hydrogen) atoms. The van der Waals surface area contributed by atoms with E-state index in [2.05, 4.69) is 50.3 Å². The smallest absolute Gasteiger partial charge is 0.0659 e. The van der Waals surface area contributed by atoms with Crippen LogP contribution in [0.5, 0.6) is 0 Å². The molecule has 0 aromatic carbocycles. The Morgan fingerprint density at radius 3 is 1.37 bits per heavy atom. The number of aromatic amines is 2. The first-order valence-corrected chi connectivity index (χ1v) is 9.92. The van der Waals surface area contributed by atoms with Gasteiger partial charge in [-0.1, -0.05) is 0 Å². The molecule has 8 bridgehead atoms. The van der Waals surface area contributed by atoms with Gasteiger partial charge in [0, 0.05) is 84.2 Å². The van der Waals surface area contributed by atoms with E-state index < -0.39 is 0 Å². The van der Waals surface area contributed by atoms with Gasteiger partial charge < -0.3 is 14.7 Å². The SMILES string of the molecule is C1=Cc2cc3ccc(cc4ccc(cc5nc(cc1n2)C=C5)[nH]4)[nH]3.C1CCOC1.[Ba]. The van der Waals surface area contributed by atoms with E-state index in [1.807, 2.05) is 42.5 Å². The maximum atomic E-state index is 4.94. The van der Waals surface area contributed by atoms with Crippen molar-refractivity contribution in [3.8, 4) is 0 Å². The second kappa shape index (κ2) is 9.96. The number of H-pyrrole nitrogens is 2. The van der Waals surface area contributed by atoms with Crippen LogP contribution in [0.4, 0.5) is 0 Å². The standard InChI is InChI=1S/C20H14N4.C4H8O.Ba/c1-2-14-10-16-5-6-18(23-16)12-20-8-7-19(24-20)11-17-4-3-15(22-17)9-13(1)21-14;1-2-4-5-3-1;/h1-12,21-22H;1-4H2;. The van der Waals surface area contributed by atoms with E-state index in [0.29, 0.717) is 0 Å². The van der Waals surface area contributed by atoms with Crippen LogP contribution in [0, 0.1) is 0 Å². The van der Waals surface area contributed by atoms with Crippen LogP contribution in [0.25, 0.3) is 46.4 Å². The van der Waals surface area contributed by atoms with E-state index in [4.69, 9.17) is 4.74 Å². The van der Waals surface area contributed by atoms with Crippen molar-refractivity contribution in [2.45, 2.75) is 12.8 Å². The molecule has 3 aromatic heterocycles. The molecule has 0 spiro atoms. The maximum Gasteiger partial charge on any atom is 0.0659 e. The van der Waals surface area contributed by atoms with Crippen LogP contribution < -0.4 is 0 Å². The fourth-order valence-corrected chi connectivity index (χ4v) is 3.45. The van der Waals surface area contributed by atoms with Gasteiger partial charge in [-0.2, -0.15) is 0 Å². The molecule has 6 heterocycles. The minimum absolute atomic E-state index is 0. The Kier molecular flexibility index (Phi) is 7.09. The van der Waals surface area contributed by atoms with Gasteiger partial charge in [0.1, 0.15) is 0 Å². The van der Waals surface area contributed by atoms with Crippen LogP contribution in [-0.4, -0.2) is 82.0 Å². The average Bonchev–Trinajstić information content (AvgIpc) is 3.50. The van der Waals surface area contributed by atoms with Crippen molar-refractivity contribution in [2.75, 3.05) is 13.2 Å². The number of hydrogen-bond acceptors (Lipinski definition) is 3. The van der Waals surface area contributed by atoms with Crippen LogP contribution in [0.15, 0.2) is 48.5 Å². The first-order chi connectivity index (χ1) is 14.3.